The van der Waals surface area contributed by atoms with Crippen LogP contribution in [0.4, 0.5) is 0 Å². The van der Waals surface area contributed by atoms with Gasteiger partial charge in [0.2, 0.25) is 0 Å². The first-order valence-electron chi connectivity index (χ1n) is 4.48. The van der Waals surface area contributed by atoms with Gasteiger partial charge in [0, 0.05) is 11.0 Å². The van der Waals surface area contributed by atoms with Crippen molar-refractivity contribution in [2.24, 2.45) is 11.8 Å². The molecule has 0 nitrogen and oxygen atoms in total. The van der Waals surface area contributed by atoms with Crippen molar-refractivity contribution in [3.8, 4) is 0 Å². The van der Waals surface area contributed by atoms with Crippen LogP contribution in [0.1, 0.15) is 32.6 Å². The molecule has 2 rings (SSSR count). The van der Waals surface area contributed by atoms with Crippen LogP contribution in [0.25, 0.3) is 0 Å². The zero-order valence-electron chi connectivity index (χ0n) is 6.68. The van der Waals surface area contributed by atoms with Crippen molar-refractivity contribution in [1.29, 1.82) is 0 Å². The van der Waals surface area contributed by atoms with Crippen LogP contribution >= 0.6 is 11.8 Å². The van der Waals surface area contributed by atoms with Crippen LogP contribution in [0.3, 0.4) is 0 Å². The molecule has 1 heterocycles. The highest BCUT2D eigenvalue weighted by atomic mass is 32.2. The Morgan fingerprint density at radius 2 is 2.10 bits per heavy atom. The lowest BCUT2D eigenvalue weighted by atomic mass is 9.81. The summed E-state index contributed by atoms with van der Waals surface area (Å²) in [4.78, 5) is 0. The second-order valence-electron chi connectivity index (χ2n) is 3.90. The van der Waals surface area contributed by atoms with Crippen molar-refractivity contribution in [2.75, 3.05) is 5.75 Å². The van der Waals surface area contributed by atoms with Crippen molar-refractivity contribution in [1.82, 2.24) is 0 Å². The minimum absolute atomic E-state index is 1.03. The van der Waals surface area contributed by atoms with Crippen LogP contribution in [-0.2, 0) is 0 Å². The summed E-state index contributed by atoms with van der Waals surface area (Å²) >= 11 is 2.18. The Morgan fingerprint density at radius 1 is 1.30 bits per heavy atom. The Balaban J connectivity index is 1.84. The SMILES string of the molecule is CC1CCCC(C2CS2)C1. The van der Waals surface area contributed by atoms with Gasteiger partial charge in [0.1, 0.15) is 0 Å². The van der Waals surface area contributed by atoms with E-state index in [1.54, 1.807) is 0 Å². The highest BCUT2D eigenvalue weighted by Crippen LogP contribution is 2.44. The predicted octanol–water partition coefficient (Wildman–Crippen LogP) is 2.93. The van der Waals surface area contributed by atoms with Gasteiger partial charge in [0.05, 0.1) is 0 Å². The van der Waals surface area contributed by atoms with E-state index in [2.05, 4.69) is 18.7 Å². The number of hydrogen-bond donors (Lipinski definition) is 0. The molecule has 0 spiro atoms. The summed E-state index contributed by atoms with van der Waals surface area (Å²) in [6.45, 7) is 2.42. The summed E-state index contributed by atoms with van der Waals surface area (Å²) in [5.41, 5.74) is 0. The minimum Gasteiger partial charge on any atom is -0.156 e. The maximum Gasteiger partial charge on any atom is 0.0167 e. The lowest BCUT2D eigenvalue weighted by Gasteiger charge is -2.25. The Morgan fingerprint density at radius 3 is 2.70 bits per heavy atom. The molecule has 0 aromatic rings. The molecule has 2 fully saturated rings. The average Bonchev–Trinajstić information content (AvgIpc) is 2.68. The lowest BCUT2D eigenvalue weighted by molar-refractivity contribution is 0.290. The lowest BCUT2D eigenvalue weighted by Crippen LogP contribution is -2.17. The first kappa shape index (κ1) is 7.02. The van der Waals surface area contributed by atoms with E-state index in [9.17, 15) is 0 Å². The molecule has 0 aromatic carbocycles. The third-order valence-electron chi connectivity index (χ3n) is 2.86. The third kappa shape index (κ3) is 1.50. The number of thioether (sulfide) groups is 1. The second-order valence-corrected chi connectivity index (χ2v) is 5.18. The second kappa shape index (κ2) is 2.77. The van der Waals surface area contributed by atoms with Gasteiger partial charge in [0.25, 0.3) is 0 Å². The first-order chi connectivity index (χ1) is 4.86. The molecule has 2 aliphatic rings. The molecule has 1 heteroatoms. The van der Waals surface area contributed by atoms with E-state index < -0.39 is 0 Å². The molecule has 0 bridgehead atoms. The van der Waals surface area contributed by atoms with Gasteiger partial charge in [-0.1, -0.05) is 19.8 Å². The molecule has 3 atom stereocenters. The molecule has 3 unspecified atom stereocenters. The van der Waals surface area contributed by atoms with Gasteiger partial charge in [-0.05, 0) is 24.7 Å². The fraction of sp³-hybridized carbons (Fsp3) is 1.00. The summed E-state index contributed by atoms with van der Waals surface area (Å²) in [5, 5.41) is 1.09. The smallest absolute Gasteiger partial charge is 0.0167 e. The Labute approximate surface area is 67.8 Å². The zero-order valence-corrected chi connectivity index (χ0v) is 7.49. The Bertz CT molecular complexity index is 118. The van der Waals surface area contributed by atoms with E-state index in [-0.39, 0.29) is 0 Å². The molecule has 0 radical (unpaired) electrons. The standard InChI is InChI=1S/C9H16S/c1-7-3-2-4-8(5-7)9-6-10-9/h7-9H,2-6H2,1H3. The van der Waals surface area contributed by atoms with Gasteiger partial charge < -0.3 is 0 Å². The van der Waals surface area contributed by atoms with Crippen LogP contribution in [0, 0.1) is 11.8 Å². The maximum absolute atomic E-state index is 2.42. The van der Waals surface area contributed by atoms with E-state index in [1.807, 2.05) is 0 Å². The van der Waals surface area contributed by atoms with E-state index in [4.69, 9.17) is 0 Å². The van der Waals surface area contributed by atoms with Gasteiger partial charge in [-0.15, -0.1) is 0 Å². The third-order valence-corrected chi connectivity index (χ3v) is 3.96. The quantitative estimate of drug-likeness (QED) is 0.526. The van der Waals surface area contributed by atoms with Crippen molar-refractivity contribution >= 4 is 11.8 Å². The largest absolute Gasteiger partial charge is 0.156 e. The van der Waals surface area contributed by atoms with E-state index >= 15 is 0 Å². The van der Waals surface area contributed by atoms with E-state index in [1.165, 1.54) is 31.4 Å². The van der Waals surface area contributed by atoms with Crippen LogP contribution in [0.5, 0.6) is 0 Å². The zero-order chi connectivity index (χ0) is 6.97. The number of hydrogen-bond acceptors (Lipinski definition) is 1. The topological polar surface area (TPSA) is 0 Å². The van der Waals surface area contributed by atoms with Crippen LogP contribution in [-0.4, -0.2) is 11.0 Å². The number of rotatable bonds is 1. The van der Waals surface area contributed by atoms with Gasteiger partial charge in [0.15, 0.2) is 0 Å². The monoisotopic (exact) mass is 156 g/mol. The fourth-order valence-electron chi connectivity index (χ4n) is 2.15. The maximum atomic E-state index is 2.42. The van der Waals surface area contributed by atoms with E-state index in [0.717, 1.165) is 17.1 Å². The van der Waals surface area contributed by atoms with E-state index in [0.29, 0.717) is 0 Å². The molecule has 0 amide bonds. The summed E-state index contributed by atoms with van der Waals surface area (Å²) in [5.74, 6) is 3.60. The highest BCUT2D eigenvalue weighted by Gasteiger charge is 2.34. The van der Waals surface area contributed by atoms with Crippen LogP contribution in [0.15, 0.2) is 0 Å². The van der Waals surface area contributed by atoms with Crippen molar-refractivity contribution in [2.45, 2.75) is 37.9 Å². The molecule has 0 N–H and O–H groups in total. The van der Waals surface area contributed by atoms with Crippen LogP contribution in [0.2, 0.25) is 0 Å². The molecule has 58 valence electrons. The normalized spacial score (nSPS) is 47.1. The molecule has 10 heavy (non-hydrogen) atoms. The molecule has 1 aliphatic carbocycles. The van der Waals surface area contributed by atoms with Crippen LogP contribution < -0.4 is 0 Å². The first-order valence-corrected chi connectivity index (χ1v) is 5.53. The van der Waals surface area contributed by atoms with Crippen molar-refractivity contribution in [3.63, 3.8) is 0 Å². The molecule has 0 aromatic heterocycles. The summed E-state index contributed by atoms with van der Waals surface area (Å²) in [6.07, 6.45) is 6.05. The Kier molecular flexibility index (Phi) is 1.94. The molecular weight excluding hydrogens is 140 g/mol. The highest BCUT2D eigenvalue weighted by molar-refractivity contribution is 8.06. The average molecular weight is 156 g/mol. The summed E-state index contributed by atoms with van der Waals surface area (Å²) in [6, 6.07) is 0. The van der Waals surface area contributed by atoms with Crippen molar-refractivity contribution < 1.29 is 0 Å². The molecule has 1 saturated heterocycles. The van der Waals surface area contributed by atoms with Gasteiger partial charge in [-0.25, -0.2) is 0 Å². The molecule has 1 saturated carbocycles. The molecule has 1 aliphatic heterocycles. The fourth-order valence-corrected chi connectivity index (χ4v) is 3.05. The van der Waals surface area contributed by atoms with Crippen molar-refractivity contribution in [3.05, 3.63) is 0 Å². The molecular formula is C9H16S. The Hall–Kier alpha value is 0.350. The van der Waals surface area contributed by atoms with Gasteiger partial charge in [-0.2, -0.15) is 11.8 Å². The summed E-state index contributed by atoms with van der Waals surface area (Å²) in [7, 11) is 0. The summed E-state index contributed by atoms with van der Waals surface area (Å²) < 4.78 is 0. The minimum atomic E-state index is 1.03. The predicted molar refractivity (Wildman–Crippen MR) is 47.4 cm³/mol. The van der Waals surface area contributed by atoms with Gasteiger partial charge in [-0.3, -0.25) is 0 Å². The van der Waals surface area contributed by atoms with Gasteiger partial charge >= 0.3 is 0 Å².